The summed E-state index contributed by atoms with van der Waals surface area (Å²) < 4.78 is 5.15. The highest BCUT2D eigenvalue weighted by atomic mass is 35.5. The third kappa shape index (κ3) is 3.36. The Kier molecular flexibility index (Phi) is 3.88. The molecule has 0 aliphatic carbocycles. The highest BCUT2D eigenvalue weighted by Gasteiger charge is 2.03. The Balaban J connectivity index is 2.33. The third-order valence-electron chi connectivity index (χ3n) is 2.46. The van der Waals surface area contributed by atoms with Gasteiger partial charge in [0.05, 0.1) is 7.11 Å². The lowest BCUT2D eigenvalue weighted by molar-refractivity contribution is 0.415. The van der Waals surface area contributed by atoms with Gasteiger partial charge in [0.1, 0.15) is 17.5 Å². The Bertz CT molecular complexity index is 650. The second kappa shape index (κ2) is 5.59. The van der Waals surface area contributed by atoms with E-state index in [-0.39, 0.29) is 0 Å². The molecule has 0 amide bonds. The second-order valence-electron chi connectivity index (χ2n) is 4.00. The van der Waals surface area contributed by atoms with Crippen molar-refractivity contribution in [2.45, 2.75) is 6.92 Å². The first-order valence-electron chi connectivity index (χ1n) is 5.61. The molecule has 0 aliphatic heterocycles. The number of ether oxygens (including phenoxy) is 1. The summed E-state index contributed by atoms with van der Waals surface area (Å²) in [5, 5.41) is 12.7. The molecule has 0 aliphatic rings. The van der Waals surface area contributed by atoms with Crippen molar-refractivity contribution in [2.75, 3.05) is 12.4 Å². The van der Waals surface area contributed by atoms with Crippen LogP contribution in [0.4, 0.5) is 11.4 Å². The van der Waals surface area contributed by atoms with Crippen LogP contribution in [-0.2, 0) is 0 Å². The predicted molar refractivity (Wildman–Crippen MR) is 75.0 cm³/mol. The van der Waals surface area contributed by atoms with Crippen LogP contribution in [0.3, 0.4) is 0 Å². The van der Waals surface area contributed by atoms with Crippen molar-refractivity contribution in [3.63, 3.8) is 0 Å². The molecule has 0 radical (unpaired) electrons. The number of methoxy groups -OCH3 is 1. The number of hydrogen-bond acceptors (Lipinski definition) is 4. The van der Waals surface area contributed by atoms with Crippen molar-refractivity contribution < 1.29 is 4.74 Å². The Morgan fingerprint density at radius 1 is 1.21 bits per heavy atom. The number of nitriles is 1. The van der Waals surface area contributed by atoms with Gasteiger partial charge in [0.2, 0.25) is 0 Å². The molecule has 2 rings (SSSR count). The average Bonchev–Trinajstić information content (AvgIpc) is 2.37. The number of aryl methyl sites for hydroxylation is 1. The van der Waals surface area contributed by atoms with Crippen molar-refractivity contribution >= 4 is 23.0 Å². The fourth-order valence-corrected chi connectivity index (χ4v) is 1.94. The largest absolute Gasteiger partial charge is 0.497 e. The van der Waals surface area contributed by atoms with Gasteiger partial charge in [0.15, 0.2) is 0 Å². The van der Waals surface area contributed by atoms with Crippen LogP contribution in [0.1, 0.15) is 11.4 Å². The van der Waals surface area contributed by atoms with Gasteiger partial charge < -0.3 is 10.1 Å². The smallest absolute Gasteiger partial charge is 0.142 e. The molecule has 96 valence electrons. The van der Waals surface area contributed by atoms with E-state index in [1.54, 1.807) is 25.3 Å². The zero-order valence-electron chi connectivity index (χ0n) is 10.6. The zero-order chi connectivity index (χ0) is 13.8. The zero-order valence-corrected chi connectivity index (χ0v) is 11.3. The second-order valence-corrected chi connectivity index (χ2v) is 4.44. The first-order chi connectivity index (χ1) is 9.10. The lowest BCUT2D eigenvalue weighted by Crippen LogP contribution is -1.95. The number of nitrogens with one attached hydrogen (secondary N) is 1. The molecule has 0 saturated heterocycles. The molecule has 0 bridgehead atoms. The number of rotatable bonds is 3. The average molecular weight is 274 g/mol. The van der Waals surface area contributed by atoms with Crippen LogP contribution in [0.15, 0.2) is 30.3 Å². The molecule has 1 heterocycles. The Morgan fingerprint density at radius 3 is 2.63 bits per heavy atom. The fraction of sp³-hybridized carbons (Fsp3) is 0.143. The molecule has 0 spiro atoms. The molecule has 0 unspecified atom stereocenters. The van der Waals surface area contributed by atoms with E-state index in [0.29, 0.717) is 16.5 Å². The van der Waals surface area contributed by atoms with E-state index in [4.69, 9.17) is 21.6 Å². The molecule has 0 saturated carbocycles. The Hall–Kier alpha value is -2.25. The minimum absolute atomic E-state index is 0.372. The van der Waals surface area contributed by atoms with Crippen LogP contribution in [0.5, 0.6) is 5.75 Å². The van der Waals surface area contributed by atoms with Crippen molar-refractivity contribution in [2.24, 2.45) is 0 Å². The maximum absolute atomic E-state index is 8.90. The van der Waals surface area contributed by atoms with Gasteiger partial charge in [-0.15, -0.1) is 0 Å². The van der Waals surface area contributed by atoms with Crippen LogP contribution in [0, 0.1) is 18.3 Å². The number of aromatic nitrogens is 1. The van der Waals surface area contributed by atoms with Gasteiger partial charge in [-0.3, -0.25) is 0 Å². The highest BCUT2D eigenvalue weighted by Crippen LogP contribution is 2.26. The Labute approximate surface area is 116 Å². The maximum atomic E-state index is 8.90. The van der Waals surface area contributed by atoms with Crippen LogP contribution in [0.25, 0.3) is 0 Å². The molecule has 2 aromatic rings. The van der Waals surface area contributed by atoms with E-state index < -0.39 is 0 Å². The molecule has 1 aromatic heterocycles. The summed E-state index contributed by atoms with van der Waals surface area (Å²) in [6, 6.07) is 10.9. The van der Waals surface area contributed by atoms with Gasteiger partial charge in [-0.05, 0) is 31.2 Å². The molecular formula is C14H12ClN3O. The topological polar surface area (TPSA) is 57.9 Å². The van der Waals surface area contributed by atoms with Crippen LogP contribution in [0.2, 0.25) is 5.02 Å². The van der Waals surface area contributed by atoms with Gasteiger partial charge in [-0.2, -0.15) is 5.26 Å². The number of hydrogen-bond donors (Lipinski definition) is 1. The first kappa shape index (κ1) is 13.2. The van der Waals surface area contributed by atoms with Crippen LogP contribution >= 0.6 is 11.6 Å². The van der Waals surface area contributed by atoms with Crippen LogP contribution < -0.4 is 10.1 Å². The van der Waals surface area contributed by atoms with Gasteiger partial charge in [0, 0.05) is 28.2 Å². The minimum atomic E-state index is 0.372. The summed E-state index contributed by atoms with van der Waals surface area (Å²) in [6.07, 6.45) is 0. The Morgan fingerprint density at radius 2 is 1.95 bits per heavy atom. The number of benzene rings is 1. The van der Waals surface area contributed by atoms with E-state index in [1.165, 1.54) is 0 Å². The van der Waals surface area contributed by atoms with E-state index in [9.17, 15) is 0 Å². The summed E-state index contributed by atoms with van der Waals surface area (Å²) in [5.41, 5.74) is 2.72. The van der Waals surface area contributed by atoms with Crippen molar-refractivity contribution in [1.82, 2.24) is 4.98 Å². The van der Waals surface area contributed by atoms with Gasteiger partial charge in [0.25, 0.3) is 0 Å². The number of pyridine rings is 1. The van der Waals surface area contributed by atoms with E-state index >= 15 is 0 Å². The standard InChI is InChI=1S/C14H12ClN3O/c1-9-3-11(6-13(8-16)17-9)18-12-4-10(15)5-14(7-12)19-2/h3-7H,1-2H3,(H,17,18). The molecule has 1 N–H and O–H groups in total. The normalized spacial score (nSPS) is 9.79. The molecule has 5 heteroatoms. The van der Waals surface area contributed by atoms with Crippen LogP contribution in [-0.4, -0.2) is 12.1 Å². The monoisotopic (exact) mass is 273 g/mol. The van der Waals surface area contributed by atoms with Gasteiger partial charge >= 0.3 is 0 Å². The maximum Gasteiger partial charge on any atom is 0.142 e. The molecule has 0 atom stereocenters. The predicted octanol–water partition coefficient (Wildman–Crippen LogP) is 3.67. The van der Waals surface area contributed by atoms with E-state index in [1.807, 2.05) is 25.1 Å². The molecular weight excluding hydrogens is 262 g/mol. The van der Waals surface area contributed by atoms with E-state index in [2.05, 4.69) is 10.3 Å². The van der Waals surface area contributed by atoms with Crippen molar-refractivity contribution in [3.05, 3.63) is 46.7 Å². The number of halogens is 1. The highest BCUT2D eigenvalue weighted by molar-refractivity contribution is 6.31. The molecule has 4 nitrogen and oxygen atoms in total. The quantitative estimate of drug-likeness (QED) is 0.927. The first-order valence-corrected chi connectivity index (χ1v) is 5.99. The molecule has 1 aromatic carbocycles. The molecule has 19 heavy (non-hydrogen) atoms. The lowest BCUT2D eigenvalue weighted by atomic mass is 10.2. The van der Waals surface area contributed by atoms with Crippen molar-refractivity contribution in [1.29, 1.82) is 5.26 Å². The lowest BCUT2D eigenvalue weighted by Gasteiger charge is -2.09. The minimum Gasteiger partial charge on any atom is -0.497 e. The van der Waals surface area contributed by atoms with Crippen molar-refractivity contribution in [3.8, 4) is 11.8 Å². The van der Waals surface area contributed by atoms with Gasteiger partial charge in [-0.1, -0.05) is 11.6 Å². The summed E-state index contributed by atoms with van der Waals surface area (Å²) in [4.78, 5) is 4.09. The third-order valence-corrected chi connectivity index (χ3v) is 2.68. The summed E-state index contributed by atoms with van der Waals surface area (Å²) in [5.74, 6) is 0.668. The van der Waals surface area contributed by atoms with Gasteiger partial charge in [-0.25, -0.2) is 4.98 Å². The van der Waals surface area contributed by atoms with E-state index in [0.717, 1.165) is 17.1 Å². The number of nitrogens with zero attached hydrogens (tertiary/aromatic N) is 2. The summed E-state index contributed by atoms with van der Waals surface area (Å²) >= 11 is 6.00. The molecule has 0 fully saturated rings. The SMILES string of the molecule is COc1cc(Cl)cc(Nc2cc(C)nc(C#N)c2)c1. The summed E-state index contributed by atoms with van der Waals surface area (Å²) in [6.45, 7) is 1.84. The summed E-state index contributed by atoms with van der Waals surface area (Å²) in [7, 11) is 1.58. The fourth-order valence-electron chi connectivity index (χ4n) is 1.72. The number of anilines is 2.